The number of hydrogen-bond donors (Lipinski definition) is 0. The van der Waals surface area contributed by atoms with Crippen molar-refractivity contribution >= 4 is 0 Å². The van der Waals surface area contributed by atoms with Gasteiger partial charge in [-0.15, -0.1) is 0 Å². The molecule has 0 N–H and O–H groups in total. The highest BCUT2D eigenvalue weighted by Gasteiger charge is 2.16. The Morgan fingerprint density at radius 1 is 1.31 bits per heavy atom. The fraction of sp³-hybridized carbons (Fsp3) is 0.375. The molecule has 0 nitrogen and oxygen atoms in total. The molecule has 1 aliphatic rings. The normalized spacial score (nSPS) is 18.9. The van der Waals surface area contributed by atoms with E-state index >= 15 is 0 Å². The van der Waals surface area contributed by atoms with Crippen molar-refractivity contribution in [3.05, 3.63) is 59.3 Å². The van der Waals surface area contributed by atoms with E-state index in [0.717, 1.165) is 0 Å². The largest absolute Gasteiger partial charge is 0.0984 e. The van der Waals surface area contributed by atoms with Crippen LogP contribution in [-0.4, -0.2) is 0 Å². The van der Waals surface area contributed by atoms with Crippen LogP contribution in [0.4, 0.5) is 0 Å². The molecule has 0 aromatic carbocycles. The summed E-state index contributed by atoms with van der Waals surface area (Å²) in [6.45, 7) is 14.8. The summed E-state index contributed by atoms with van der Waals surface area (Å²) in [5, 5.41) is 0. The van der Waals surface area contributed by atoms with E-state index in [1.165, 1.54) is 22.3 Å². The van der Waals surface area contributed by atoms with Gasteiger partial charge in [0.1, 0.15) is 0 Å². The second kappa shape index (κ2) is 4.69. The third-order valence-electron chi connectivity index (χ3n) is 2.67. The lowest BCUT2D eigenvalue weighted by Gasteiger charge is -2.15. The zero-order valence-corrected chi connectivity index (χ0v) is 11.1. The van der Waals surface area contributed by atoms with Crippen LogP contribution >= 0.6 is 0 Å². The lowest BCUT2D eigenvalue weighted by molar-refractivity contribution is 0.624. The Morgan fingerprint density at radius 2 is 1.94 bits per heavy atom. The molecule has 0 spiro atoms. The summed E-state index contributed by atoms with van der Waals surface area (Å²) in [7, 11) is 0. The highest BCUT2D eigenvalue weighted by molar-refractivity contribution is 5.54. The topological polar surface area (TPSA) is 0 Å². The van der Waals surface area contributed by atoms with Crippen molar-refractivity contribution in [3.63, 3.8) is 0 Å². The van der Waals surface area contributed by atoms with E-state index in [1.54, 1.807) is 0 Å². The first-order valence-electron chi connectivity index (χ1n) is 5.76. The van der Waals surface area contributed by atoms with Gasteiger partial charge in [0.15, 0.2) is 0 Å². The number of hydrogen-bond acceptors (Lipinski definition) is 0. The SMILES string of the molecule is C=CC1=C(C)C=CC(C)(C)C=C1C=C(C)C. The molecule has 0 radical (unpaired) electrons. The van der Waals surface area contributed by atoms with Gasteiger partial charge in [0.2, 0.25) is 0 Å². The first-order chi connectivity index (χ1) is 7.35. The van der Waals surface area contributed by atoms with Crippen molar-refractivity contribution in [1.82, 2.24) is 0 Å². The zero-order chi connectivity index (χ0) is 12.3. The maximum atomic E-state index is 3.92. The standard InChI is InChI=1S/C16H22/c1-7-15-13(4)8-9-16(5,6)11-14(15)10-12(2)3/h7-11H,1H2,2-6H3. The Kier molecular flexibility index (Phi) is 3.74. The van der Waals surface area contributed by atoms with Crippen LogP contribution in [0, 0.1) is 5.41 Å². The minimum atomic E-state index is 0.104. The molecule has 1 aliphatic carbocycles. The molecule has 0 heterocycles. The van der Waals surface area contributed by atoms with Crippen LogP contribution in [0.1, 0.15) is 34.6 Å². The maximum absolute atomic E-state index is 3.92. The van der Waals surface area contributed by atoms with Gasteiger partial charge in [-0.1, -0.05) is 56.4 Å². The summed E-state index contributed by atoms with van der Waals surface area (Å²) in [6.07, 6.45) is 10.9. The van der Waals surface area contributed by atoms with E-state index in [2.05, 4.69) is 65.5 Å². The molecule has 16 heavy (non-hydrogen) atoms. The summed E-state index contributed by atoms with van der Waals surface area (Å²) < 4.78 is 0. The molecule has 1 rings (SSSR count). The van der Waals surface area contributed by atoms with Crippen molar-refractivity contribution in [1.29, 1.82) is 0 Å². The Bertz CT molecular complexity index is 405. The third-order valence-corrected chi connectivity index (χ3v) is 2.67. The first-order valence-corrected chi connectivity index (χ1v) is 5.76. The summed E-state index contributed by atoms with van der Waals surface area (Å²) in [6, 6.07) is 0. The van der Waals surface area contributed by atoms with Crippen LogP contribution in [0.15, 0.2) is 59.3 Å². The molecule has 0 aromatic heterocycles. The molecule has 0 saturated heterocycles. The molecule has 0 bridgehead atoms. The van der Waals surface area contributed by atoms with Crippen LogP contribution in [0.3, 0.4) is 0 Å². The molecule has 0 aliphatic heterocycles. The minimum Gasteiger partial charge on any atom is -0.0984 e. The predicted octanol–water partition coefficient (Wildman–Crippen LogP) is 4.98. The molecule has 86 valence electrons. The van der Waals surface area contributed by atoms with E-state index in [0.29, 0.717) is 0 Å². The molecule has 0 atom stereocenters. The van der Waals surface area contributed by atoms with Gasteiger partial charge in [-0.2, -0.15) is 0 Å². The third kappa shape index (κ3) is 3.10. The highest BCUT2D eigenvalue weighted by atomic mass is 14.2. The van der Waals surface area contributed by atoms with Gasteiger partial charge in [0, 0.05) is 5.41 Å². The summed E-state index contributed by atoms with van der Waals surface area (Å²) in [4.78, 5) is 0. The van der Waals surface area contributed by atoms with Gasteiger partial charge in [-0.3, -0.25) is 0 Å². The van der Waals surface area contributed by atoms with Gasteiger partial charge >= 0.3 is 0 Å². The van der Waals surface area contributed by atoms with Crippen molar-refractivity contribution in [2.24, 2.45) is 5.41 Å². The minimum absolute atomic E-state index is 0.104. The Labute approximate surface area is 99.8 Å². The summed E-state index contributed by atoms with van der Waals surface area (Å²) in [5.74, 6) is 0. The number of allylic oxidation sites excluding steroid dienone is 9. The lowest BCUT2D eigenvalue weighted by Crippen LogP contribution is -2.02. The van der Waals surface area contributed by atoms with Gasteiger partial charge < -0.3 is 0 Å². The lowest BCUT2D eigenvalue weighted by atomic mass is 9.89. The Morgan fingerprint density at radius 3 is 2.44 bits per heavy atom. The fourth-order valence-corrected chi connectivity index (χ4v) is 1.89. The fourth-order valence-electron chi connectivity index (χ4n) is 1.89. The van der Waals surface area contributed by atoms with E-state index < -0.39 is 0 Å². The molecular weight excluding hydrogens is 192 g/mol. The van der Waals surface area contributed by atoms with Crippen LogP contribution in [0.2, 0.25) is 0 Å². The average Bonchev–Trinajstić information content (AvgIpc) is 2.23. The summed E-state index contributed by atoms with van der Waals surface area (Å²) >= 11 is 0. The highest BCUT2D eigenvalue weighted by Crippen LogP contribution is 2.31. The quantitative estimate of drug-likeness (QED) is 0.608. The predicted molar refractivity (Wildman–Crippen MR) is 73.3 cm³/mol. The second-order valence-corrected chi connectivity index (χ2v) is 5.28. The summed E-state index contributed by atoms with van der Waals surface area (Å²) in [5.41, 5.74) is 5.22. The molecule has 0 heteroatoms. The molecule has 0 saturated carbocycles. The average molecular weight is 214 g/mol. The second-order valence-electron chi connectivity index (χ2n) is 5.28. The van der Waals surface area contributed by atoms with Crippen LogP contribution < -0.4 is 0 Å². The van der Waals surface area contributed by atoms with Gasteiger partial charge in [-0.25, -0.2) is 0 Å². The molecule has 0 unspecified atom stereocenters. The smallest absolute Gasteiger partial charge is 0.00168 e. The van der Waals surface area contributed by atoms with E-state index in [1.807, 2.05) is 6.08 Å². The molecule has 0 amide bonds. The molecular formula is C16H22. The van der Waals surface area contributed by atoms with Crippen LogP contribution in [0.5, 0.6) is 0 Å². The van der Waals surface area contributed by atoms with Crippen molar-refractivity contribution < 1.29 is 0 Å². The van der Waals surface area contributed by atoms with Crippen molar-refractivity contribution in [2.45, 2.75) is 34.6 Å². The number of rotatable bonds is 2. The molecule has 0 fully saturated rings. The van der Waals surface area contributed by atoms with E-state index in [9.17, 15) is 0 Å². The van der Waals surface area contributed by atoms with Crippen LogP contribution in [0.25, 0.3) is 0 Å². The van der Waals surface area contributed by atoms with Gasteiger partial charge in [0.25, 0.3) is 0 Å². The van der Waals surface area contributed by atoms with E-state index in [4.69, 9.17) is 0 Å². The van der Waals surface area contributed by atoms with Crippen LogP contribution in [-0.2, 0) is 0 Å². The van der Waals surface area contributed by atoms with Crippen molar-refractivity contribution in [3.8, 4) is 0 Å². The maximum Gasteiger partial charge on any atom is 0.00168 e. The molecule has 0 aromatic rings. The van der Waals surface area contributed by atoms with Gasteiger partial charge in [-0.05, 0) is 37.5 Å². The zero-order valence-electron chi connectivity index (χ0n) is 11.1. The Balaban J connectivity index is 3.37. The van der Waals surface area contributed by atoms with Crippen molar-refractivity contribution in [2.75, 3.05) is 0 Å². The monoisotopic (exact) mass is 214 g/mol. The van der Waals surface area contributed by atoms with Gasteiger partial charge in [0.05, 0.1) is 0 Å². The van der Waals surface area contributed by atoms with E-state index in [-0.39, 0.29) is 5.41 Å². The first kappa shape index (κ1) is 12.8. The Hall–Kier alpha value is -1.30.